The number of rotatable bonds is 3. The molecule has 0 radical (unpaired) electrons. The van der Waals surface area contributed by atoms with Gasteiger partial charge in [0, 0.05) is 11.5 Å². The van der Waals surface area contributed by atoms with Gasteiger partial charge in [-0.25, -0.2) is 14.9 Å². The molecule has 0 saturated carbocycles. The molecule has 0 bridgehead atoms. The van der Waals surface area contributed by atoms with E-state index in [9.17, 15) is 4.79 Å². The Hall–Kier alpha value is -1.37. The highest BCUT2D eigenvalue weighted by molar-refractivity contribution is 9.08. The molecule has 1 unspecified atom stereocenters. The Morgan fingerprint density at radius 2 is 2.47 bits per heavy atom. The minimum Gasteiger partial charge on any atom is -0.327 e. The van der Waals surface area contributed by atoms with Gasteiger partial charge in [0.15, 0.2) is 5.82 Å². The van der Waals surface area contributed by atoms with Crippen molar-refractivity contribution in [2.24, 2.45) is 0 Å². The smallest absolute Gasteiger partial charge is 0.327 e. The Balaban J connectivity index is 2.27. The van der Waals surface area contributed by atoms with E-state index in [2.05, 4.69) is 36.1 Å². The fourth-order valence-electron chi connectivity index (χ4n) is 1.28. The first-order valence-electron chi connectivity index (χ1n) is 4.43. The van der Waals surface area contributed by atoms with Crippen LogP contribution in [0.5, 0.6) is 0 Å². The van der Waals surface area contributed by atoms with Crippen LogP contribution in [0, 0.1) is 0 Å². The predicted molar refractivity (Wildman–Crippen MR) is 57.9 cm³/mol. The lowest BCUT2D eigenvalue weighted by Crippen LogP contribution is -2.08. The molecule has 2 N–H and O–H groups in total. The fourth-order valence-corrected chi connectivity index (χ4v) is 1.57. The summed E-state index contributed by atoms with van der Waals surface area (Å²) in [6.45, 7) is 1.94. The van der Waals surface area contributed by atoms with Gasteiger partial charge in [0.05, 0.1) is 18.1 Å². The van der Waals surface area contributed by atoms with Crippen molar-refractivity contribution in [3.05, 3.63) is 34.5 Å². The van der Waals surface area contributed by atoms with Gasteiger partial charge < -0.3 is 4.57 Å². The molecule has 1 atom stereocenters. The maximum Gasteiger partial charge on any atom is 0.340 e. The fraction of sp³-hybridized carbons (Fsp3) is 0.375. The number of hydrogen-bond acceptors (Lipinski definition) is 3. The molecular formula is C8H10BrN5O. The second-order valence-corrected chi connectivity index (χ2v) is 3.75. The predicted octanol–water partition coefficient (Wildman–Crippen LogP) is 0.799. The zero-order chi connectivity index (χ0) is 10.8. The number of hydrogen-bond donors (Lipinski definition) is 2. The van der Waals surface area contributed by atoms with E-state index in [0.29, 0.717) is 11.2 Å². The lowest BCUT2D eigenvalue weighted by atomic mass is 10.3. The largest absolute Gasteiger partial charge is 0.340 e. The average Bonchev–Trinajstić information content (AvgIpc) is 2.84. The van der Waals surface area contributed by atoms with Crippen molar-refractivity contribution in [3.8, 4) is 0 Å². The van der Waals surface area contributed by atoms with Gasteiger partial charge in [-0.05, 0) is 6.92 Å². The molecule has 80 valence electrons. The molecule has 0 spiro atoms. The average molecular weight is 272 g/mol. The number of nitrogens with zero attached hydrogens (tertiary/aromatic N) is 3. The van der Waals surface area contributed by atoms with Crippen molar-refractivity contribution in [2.75, 3.05) is 0 Å². The van der Waals surface area contributed by atoms with Gasteiger partial charge in [-0.3, -0.25) is 4.98 Å². The third-order valence-electron chi connectivity index (χ3n) is 2.15. The van der Waals surface area contributed by atoms with E-state index in [1.807, 2.05) is 17.7 Å². The Morgan fingerprint density at radius 3 is 3.00 bits per heavy atom. The summed E-state index contributed by atoms with van der Waals surface area (Å²) in [5.74, 6) is 0.596. The summed E-state index contributed by atoms with van der Waals surface area (Å²) < 4.78 is 1.89. The number of imidazole rings is 1. The van der Waals surface area contributed by atoms with Crippen molar-refractivity contribution in [3.63, 3.8) is 0 Å². The second kappa shape index (κ2) is 4.01. The molecule has 0 aliphatic rings. The summed E-state index contributed by atoms with van der Waals surface area (Å²) in [5.41, 5.74) is 0.650. The van der Waals surface area contributed by atoms with Crippen LogP contribution in [0.25, 0.3) is 0 Å². The second-order valence-electron chi connectivity index (χ2n) is 3.18. The van der Waals surface area contributed by atoms with E-state index in [4.69, 9.17) is 0 Å². The van der Waals surface area contributed by atoms with Crippen molar-refractivity contribution >= 4 is 15.9 Å². The molecule has 0 aromatic carbocycles. The van der Waals surface area contributed by atoms with Gasteiger partial charge in [-0.2, -0.15) is 5.10 Å². The molecule has 2 aromatic heterocycles. The molecule has 0 amide bonds. The maximum atomic E-state index is 10.9. The molecule has 15 heavy (non-hydrogen) atoms. The topological polar surface area (TPSA) is 79.4 Å². The van der Waals surface area contributed by atoms with E-state index < -0.39 is 0 Å². The summed E-state index contributed by atoms with van der Waals surface area (Å²) in [4.78, 5) is 17.7. The van der Waals surface area contributed by atoms with E-state index in [-0.39, 0.29) is 11.7 Å². The van der Waals surface area contributed by atoms with Crippen LogP contribution in [-0.2, 0) is 5.33 Å². The van der Waals surface area contributed by atoms with E-state index in [1.54, 1.807) is 6.33 Å². The van der Waals surface area contributed by atoms with E-state index >= 15 is 0 Å². The van der Waals surface area contributed by atoms with Gasteiger partial charge in [0.25, 0.3) is 0 Å². The molecule has 2 rings (SSSR count). The Labute approximate surface area is 93.9 Å². The monoisotopic (exact) mass is 271 g/mol. The Kier molecular flexibility index (Phi) is 2.72. The van der Waals surface area contributed by atoms with Gasteiger partial charge in [0.2, 0.25) is 0 Å². The summed E-state index contributed by atoms with van der Waals surface area (Å²) >= 11 is 3.32. The molecule has 0 saturated heterocycles. The number of alkyl halides is 1. The lowest BCUT2D eigenvalue weighted by Gasteiger charge is -2.08. The van der Waals surface area contributed by atoms with Crippen molar-refractivity contribution in [1.29, 1.82) is 0 Å². The summed E-state index contributed by atoms with van der Waals surface area (Å²) in [6.07, 6.45) is 3.63. The summed E-state index contributed by atoms with van der Waals surface area (Å²) in [7, 11) is 0. The molecule has 2 aromatic rings. The van der Waals surface area contributed by atoms with E-state index in [0.717, 1.165) is 5.69 Å². The van der Waals surface area contributed by atoms with Crippen LogP contribution < -0.4 is 5.69 Å². The highest BCUT2D eigenvalue weighted by atomic mass is 79.9. The van der Waals surface area contributed by atoms with Crippen LogP contribution in [0.15, 0.2) is 17.3 Å². The highest BCUT2D eigenvalue weighted by Gasteiger charge is 2.11. The van der Waals surface area contributed by atoms with Crippen molar-refractivity contribution in [2.45, 2.75) is 18.3 Å². The highest BCUT2D eigenvalue weighted by Crippen LogP contribution is 2.13. The summed E-state index contributed by atoms with van der Waals surface area (Å²) in [6, 6.07) is -0.0377. The van der Waals surface area contributed by atoms with Gasteiger partial charge >= 0.3 is 5.69 Å². The number of nitrogens with one attached hydrogen (secondary N) is 2. The molecule has 6 nitrogen and oxygen atoms in total. The van der Waals surface area contributed by atoms with Crippen molar-refractivity contribution in [1.82, 2.24) is 24.7 Å². The zero-order valence-electron chi connectivity index (χ0n) is 8.07. The van der Waals surface area contributed by atoms with Crippen LogP contribution in [0.3, 0.4) is 0 Å². The van der Waals surface area contributed by atoms with Crippen LogP contribution >= 0.6 is 15.9 Å². The van der Waals surface area contributed by atoms with Crippen LogP contribution in [0.2, 0.25) is 0 Å². The molecule has 7 heteroatoms. The van der Waals surface area contributed by atoms with Crippen LogP contribution in [0.4, 0.5) is 0 Å². The summed E-state index contributed by atoms with van der Waals surface area (Å²) in [5, 5.41) is 6.92. The number of aromatic amines is 2. The third kappa shape index (κ3) is 2.01. The standard InChI is InChI=1S/C8H10BrN5O/c1-5(7-11-8(15)13-12-7)14-3-6(2-9)10-4-14/h3-5H,2H2,1H3,(H2,11,12,13,15). The number of H-pyrrole nitrogens is 2. The van der Waals surface area contributed by atoms with Crippen LogP contribution in [0.1, 0.15) is 24.5 Å². The maximum absolute atomic E-state index is 10.9. The minimum absolute atomic E-state index is 0.0377. The Morgan fingerprint density at radius 1 is 1.67 bits per heavy atom. The molecule has 0 aliphatic carbocycles. The first kappa shape index (κ1) is 10.2. The zero-order valence-corrected chi connectivity index (χ0v) is 9.65. The quantitative estimate of drug-likeness (QED) is 0.811. The normalized spacial score (nSPS) is 12.9. The first-order valence-corrected chi connectivity index (χ1v) is 5.55. The SMILES string of the molecule is CC(c1n[nH]c(=O)[nH]1)n1cnc(CBr)c1. The van der Waals surface area contributed by atoms with Gasteiger partial charge in [0.1, 0.15) is 0 Å². The van der Waals surface area contributed by atoms with Gasteiger partial charge in [-0.1, -0.05) is 15.9 Å². The third-order valence-corrected chi connectivity index (χ3v) is 2.73. The Bertz CT molecular complexity index is 499. The molecule has 0 fully saturated rings. The van der Waals surface area contributed by atoms with E-state index in [1.165, 1.54) is 0 Å². The first-order chi connectivity index (χ1) is 7.20. The van der Waals surface area contributed by atoms with Crippen LogP contribution in [-0.4, -0.2) is 24.7 Å². The molecule has 0 aliphatic heterocycles. The molecule has 2 heterocycles. The van der Waals surface area contributed by atoms with Gasteiger partial charge in [-0.15, -0.1) is 0 Å². The minimum atomic E-state index is -0.294. The number of halogens is 1. The van der Waals surface area contributed by atoms with Crippen molar-refractivity contribution < 1.29 is 0 Å². The number of aromatic nitrogens is 5. The molecular weight excluding hydrogens is 262 g/mol. The lowest BCUT2D eigenvalue weighted by molar-refractivity contribution is 0.601.